The number of nitrogens with zero attached hydrogens (tertiary/aromatic N) is 2. The number of rotatable bonds is 6. The Morgan fingerprint density at radius 3 is 1.74 bits per heavy atom. The van der Waals surface area contributed by atoms with Gasteiger partial charge in [-0.2, -0.15) is 0 Å². The highest BCUT2D eigenvalue weighted by molar-refractivity contribution is 5.35. The molecule has 2 aromatic rings. The van der Waals surface area contributed by atoms with E-state index < -0.39 is 6.04 Å². The normalized spacial score (nSPS) is 25.3. The molecule has 7 heteroatoms. The lowest BCUT2D eigenvalue weighted by Crippen LogP contribution is -2.43. The van der Waals surface area contributed by atoms with Gasteiger partial charge in [-0.1, -0.05) is 24.3 Å². The van der Waals surface area contributed by atoms with Crippen molar-refractivity contribution < 1.29 is 14.4 Å². The number of likely N-dealkylation sites (tertiary alicyclic amines) is 1. The molecule has 7 nitrogen and oxygen atoms in total. The standard InChI is InChI=1S/C20H25N3O4/c1-21-17-18(13-5-9-15(26-3)10-6-13)22(2)19(20(17)23(24)25)14-7-11-16(27-4)12-8-14/h5-12,17-21H,1-4H3/t17-,18-,19-,20+/m1/s1. The third kappa shape index (κ3) is 3.48. The molecule has 0 bridgehead atoms. The topological polar surface area (TPSA) is 76.9 Å². The largest absolute Gasteiger partial charge is 0.497 e. The summed E-state index contributed by atoms with van der Waals surface area (Å²) in [4.78, 5) is 13.9. The molecule has 0 radical (unpaired) electrons. The van der Waals surface area contributed by atoms with Crippen LogP contribution in [0.25, 0.3) is 0 Å². The summed E-state index contributed by atoms with van der Waals surface area (Å²) >= 11 is 0. The molecule has 1 heterocycles. The molecular formula is C20H25N3O4. The van der Waals surface area contributed by atoms with Gasteiger partial charge in [-0.15, -0.1) is 0 Å². The van der Waals surface area contributed by atoms with E-state index in [0.29, 0.717) is 0 Å². The first kappa shape index (κ1) is 19.1. The van der Waals surface area contributed by atoms with E-state index in [1.807, 2.05) is 55.6 Å². The molecule has 3 rings (SSSR count). The minimum Gasteiger partial charge on any atom is -0.497 e. The minimum atomic E-state index is -0.777. The Morgan fingerprint density at radius 1 is 0.926 bits per heavy atom. The molecule has 1 saturated heterocycles. The van der Waals surface area contributed by atoms with Gasteiger partial charge in [0.05, 0.1) is 26.3 Å². The van der Waals surface area contributed by atoms with Crippen molar-refractivity contribution in [3.8, 4) is 11.5 Å². The third-order valence-electron chi connectivity index (χ3n) is 5.40. The lowest BCUT2D eigenvalue weighted by molar-refractivity contribution is -0.528. The van der Waals surface area contributed by atoms with Crippen LogP contribution in [-0.2, 0) is 0 Å². The highest BCUT2D eigenvalue weighted by Gasteiger charge is 2.54. The summed E-state index contributed by atoms with van der Waals surface area (Å²) < 4.78 is 10.4. The van der Waals surface area contributed by atoms with Gasteiger partial charge in [0.1, 0.15) is 17.5 Å². The molecule has 1 aliphatic heterocycles. The van der Waals surface area contributed by atoms with Crippen molar-refractivity contribution in [1.29, 1.82) is 0 Å². The Kier molecular flexibility index (Phi) is 5.62. The van der Waals surface area contributed by atoms with E-state index in [0.717, 1.165) is 22.6 Å². The average Bonchev–Trinajstić information content (AvgIpc) is 3.00. The molecule has 1 fully saturated rings. The summed E-state index contributed by atoms with van der Waals surface area (Å²) in [6.45, 7) is 0. The molecule has 0 saturated carbocycles. The Balaban J connectivity index is 2.02. The number of nitrogens with one attached hydrogen (secondary N) is 1. The molecule has 4 atom stereocenters. The number of nitro groups is 1. The molecule has 2 aromatic carbocycles. The SMILES string of the molecule is CN[C@H]1[C@H]([N+](=O)[O-])[C@@H](c2ccc(OC)cc2)N(C)[C@@H]1c1ccc(OC)cc1. The van der Waals surface area contributed by atoms with Crippen LogP contribution in [0.4, 0.5) is 0 Å². The summed E-state index contributed by atoms with van der Waals surface area (Å²) in [6, 6.07) is 13.6. The van der Waals surface area contributed by atoms with E-state index in [9.17, 15) is 10.1 Å². The molecule has 1 aliphatic rings. The van der Waals surface area contributed by atoms with Crippen LogP contribution in [0.3, 0.4) is 0 Å². The van der Waals surface area contributed by atoms with Crippen molar-refractivity contribution in [3.05, 3.63) is 69.8 Å². The van der Waals surface area contributed by atoms with Crippen LogP contribution in [0.2, 0.25) is 0 Å². The van der Waals surface area contributed by atoms with E-state index in [2.05, 4.69) is 10.2 Å². The summed E-state index contributed by atoms with van der Waals surface area (Å²) in [7, 11) is 6.95. The highest BCUT2D eigenvalue weighted by Crippen LogP contribution is 2.44. The predicted molar refractivity (Wildman–Crippen MR) is 103 cm³/mol. The Morgan fingerprint density at radius 2 is 1.37 bits per heavy atom. The van der Waals surface area contributed by atoms with Gasteiger partial charge < -0.3 is 14.8 Å². The number of likely N-dealkylation sites (N-methyl/N-ethyl adjacent to an activating group) is 2. The summed E-state index contributed by atoms with van der Waals surface area (Å²) in [6.07, 6.45) is 0. The fourth-order valence-electron chi connectivity index (χ4n) is 4.10. The van der Waals surface area contributed by atoms with Crippen LogP contribution in [0, 0.1) is 10.1 Å². The van der Waals surface area contributed by atoms with Crippen molar-refractivity contribution in [2.75, 3.05) is 28.3 Å². The van der Waals surface area contributed by atoms with Gasteiger partial charge in [0, 0.05) is 4.92 Å². The van der Waals surface area contributed by atoms with E-state index in [-0.39, 0.29) is 23.0 Å². The molecule has 144 valence electrons. The van der Waals surface area contributed by atoms with Crippen LogP contribution in [0.15, 0.2) is 48.5 Å². The summed E-state index contributed by atoms with van der Waals surface area (Å²) in [5.74, 6) is 1.49. The van der Waals surface area contributed by atoms with Crippen molar-refractivity contribution in [3.63, 3.8) is 0 Å². The van der Waals surface area contributed by atoms with E-state index >= 15 is 0 Å². The maximum Gasteiger partial charge on any atom is 0.249 e. The van der Waals surface area contributed by atoms with Crippen LogP contribution in [0.1, 0.15) is 23.2 Å². The van der Waals surface area contributed by atoms with Crippen molar-refractivity contribution in [1.82, 2.24) is 10.2 Å². The molecule has 0 amide bonds. The first-order valence-corrected chi connectivity index (χ1v) is 8.82. The van der Waals surface area contributed by atoms with Crippen molar-refractivity contribution in [2.45, 2.75) is 24.2 Å². The smallest absolute Gasteiger partial charge is 0.249 e. The first-order chi connectivity index (χ1) is 13.0. The fraction of sp³-hybridized carbons (Fsp3) is 0.400. The van der Waals surface area contributed by atoms with Crippen molar-refractivity contribution in [2.24, 2.45) is 0 Å². The molecule has 0 unspecified atom stereocenters. The summed E-state index contributed by atoms with van der Waals surface area (Å²) in [5, 5.41) is 15.2. The molecule has 0 spiro atoms. The van der Waals surface area contributed by atoms with Gasteiger partial charge >= 0.3 is 0 Å². The second kappa shape index (κ2) is 7.94. The second-order valence-corrected chi connectivity index (χ2v) is 6.69. The van der Waals surface area contributed by atoms with Gasteiger partial charge in [0.25, 0.3) is 0 Å². The first-order valence-electron chi connectivity index (χ1n) is 8.82. The predicted octanol–water partition coefficient (Wildman–Crippen LogP) is 2.66. The zero-order valence-corrected chi connectivity index (χ0v) is 16.0. The quantitative estimate of drug-likeness (QED) is 0.621. The average molecular weight is 371 g/mol. The molecule has 1 N–H and O–H groups in total. The fourth-order valence-corrected chi connectivity index (χ4v) is 4.10. The zero-order valence-electron chi connectivity index (χ0n) is 16.0. The van der Waals surface area contributed by atoms with Crippen LogP contribution < -0.4 is 14.8 Å². The number of ether oxygens (including phenoxy) is 2. The van der Waals surface area contributed by atoms with Gasteiger partial charge in [-0.25, -0.2) is 0 Å². The Bertz CT molecular complexity index is 779. The maximum absolute atomic E-state index is 12.0. The van der Waals surface area contributed by atoms with Gasteiger partial charge in [0.15, 0.2) is 0 Å². The monoisotopic (exact) mass is 371 g/mol. The number of methoxy groups -OCH3 is 2. The second-order valence-electron chi connectivity index (χ2n) is 6.69. The Labute approximate surface area is 159 Å². The number of hydrogen-bond acceptors (Lipinski definition) is 6. The van der Waals surface area contributed by atoms with Gasteiger partial charge in [-0.05, 0) is 49.5 Å². The third-order valence-corrected chi connectivity index (χ3v) is 5.40. The molecule has 0 aromatic heterocycles. The summed E-state index contributed by atoms with van der Waals surface area (Å²) in [5.41, 5.74) is 1.91. The number of benzene rings is 2. The van der Waals surface area contributed by atoms with Crippen LogP contribution in [-0.4, -0.2) is 50.2 Å². The lowest BCUT2D eigenvalue weighted by atomic mass is 9.94. The molecule has 0 aliphatic carbocycles. The zero-order chi connectivity index (χ0) is 19.6. The van der Waals surface area contributed by atoms with E-state index in [1.165, 1.54) is 0 Å². The minimum absolute atomic E-state index is 0.136. The Hall–Kier alpha value is -2.64. The van der Waals surface area contributed by atoms with Crippen molar-refractivity contribution >= 4 is 0 Å². The van der Waals surface area contributed by atoms with Gasteiger partial charge in [-0.3, -0.25) is 15.0 Å². The lowest BCUT2D eigenvalue weighted by Gasteiger charge is -2.26. The van der Waals surface area contributed by atoms with E-state index in [1.54, 1.807) is 21.3 Å². The highest BCUT2D eigenvalue weighted by atomic mass is 16.6. The van der Waals surface area contributed by atoms with E-state index in [4.69, 9.17) is 9.47 Å². The molecule has 27 heavy (non-hydrogen) atoms. The van der Waals surface area contributed by atoms with Crippen LogP contribution >= 0.6 is 0 Å². The van der Waals surface area contributed by atoms with Crippen LogP contribution in [0.5, 0.6) is 11.5 Å². The van der Waals surface area contributed by atoms with Gasteiger partial charge in [0.2, 0.25) is 6.04 Å². The number of hydrogen-bond donors (Lipinski definition) is 1. The maximum atomic E-state index is 12.0. The molecular weight excluding hydrogens is 346 g/mol.